The maximum Gasteiger partial charge on any atom is 0.325 e. The van der Waals surface area contributed by atoms with E-state index in [0.717, 1.165) is 123 Å². The van der Waals surface area contributed by atoms with E-state index in [9.17, 15) is 19.2 Å². The number of aromatic nitrogens is 15. The third-order valence-electron chi connectivity index (χ3n) is 15.9. The van der Waals surface area contributed by atoms with Crippen molar-refractivity contribution >= 4 is 244 Å². The van der Waals surface area contributed by atoms with Gasteiger partial charge in [0.2, 0.25) is 0 Å². The number of fused-ring (bicyclic) bond motifs is 6. The average molecular weight is 1640 g/mol. The fraction of sp³-hybridized carbons (Fsp3) is 0.0822. The van der Waals surface area contributed by atoms with Crippen molar-refractivity contribution < 1.29 is 19.2 Å². The number of thiophene rings is 4. The first kappa shape index (κ1) is 74.3. The maximum absolute atomic E-state index is 12.4. The lowest BCUT2D eigenvalue weighted by atomic mass is 10.2. The molecule has 14 heterocycles. The van der Waals surface area contributed by atoms with Crippen molar-refractivity contribution in [1.82, 2.24) is 74.8 Å². The van der Waals surface area contributed by atoms with Crippen molar-refractivity contribution in [2.75, 3.05) is 63.8 Å². The average Bonchev–Trinajstić information content (AvgIpc) is 1.40. The number of H-pyrrole nitrogens is 2. The van der Waals surface area contributed by atoms with Gasteiger partial charge < -0.3 is 52.5 Å². The summed E-state index contributed by atoms with van der Waals surface area (Å²) in [7, 11) is 0. The first-order valence-corrected chi connectivity index (χ1v) is 40.6. The molecule has 0 aliphatic rings. The van der Waals surface area contributed by atoms with E-state index in [1.807, 2.05) is 151 Å². The van der Waals surface area contributed by atoms with Gasteiger partial charge in [0.25, 0.3) is 0 Å². The SMILES string of the molecule is Cc1cccc(NC(=O)Nc2ncc(CNc3ncnc4ccsc34)s2)c1.Cc1cccc(NC(=O)Nc2ncc(CNc3ncnc4sccc34)s2)c1.O=C(Nc1ncc(CNc2ncnc3ccsc23)s1)Nc1cccc2[nH]cnc12.O=C(Nc1ncc(CNc2ncnc3sccc23)s1)Nc1cccc2cc[nH]c12. The number of aryl methyl sites for hydroxylation is 2. The van der Waals surface area contributed by atoms with Crippen LogP contribution in [0.3, 0.4) is 0 Å². The van der Waals surface area contributed by atoms with Gasteiger partial charge in [-0.25, -0.2) is 84.0 Å². The van der Waals surface area contributed by atoms with Crippen LogP contribution in [0.25, 0.3) is 62.8 Å². The molecule has 18 rings (SSSR count). The second-order valence-electron chi connectivity index (χ2n) is 23.8. The molecular weight excluding hydrogens is 1580 g/mol. The van der Waals surface area contributed by atoms with Gasteiger partial charge in [-0.15, -0.1) is 45.3 Å². The van der Waals surface area contributed by atoms with Crippen molar-refractivity contribution in [2.45, 2.75) is 40.0 Å². The fourth-order valence-corrected chi connectivity index (χ4v) is 17.0. The number of carbonyl (C=O) groups is 4. The summed E-state index contributed by atoms with van der Waals surface area (Å²) in [5, 5.41) is 48.7. The second-order valence-corrected chi connectivity index (χ2v) is 31.9. The number of carbonyl (C=O) groups excluding carboxylic acids is 4. The maximum atomic E-state index is 12.4. The van der Waals surface area contributed by atoms with E-state index in [2.05, 4.69) is 139 Å². The minimum atomic E-state index is -0.370. The summed E-state index contributed by atoms with van der Waals surface area (Å²) < 4.78 is 2.04. The molecule has 0 fully saturated rings. The normalized spacial score (nSPS) is 10.9. The number of nitrogens with zero attached hydrogens (tertiary/aromatic N) is 13. The quantitative estimate of drug-likeness (QED) is 0.0337. The topological polar surface area (TPSA) is 412 Å². The van der Waals surface area contributed by atoms with Crippen LogP contribution in [0.1, 0.15) is 30.6 Å². The molecule has 0 aliphatic heterocycles. The van der Waals surface area contributed by atoms with Gasteiger partial charge in [0.1, 0.15) is 63.8 Å². The van der Waals surface area contributed by atoms with Crippen LogP contribution in [-0.2, 0) is 26.2 Å². The summed E-state index contributed by atoms with van der Waals surface area (Å²) in [4.78, 5) is 116. The number of hydrogen-bond acceptors (Lipinski definition) is 29. The number of nitrogens with one attached hydrogen (secondary N) is 14. The first-order valence-electron chi connectivity index (χ1n) is 33.8. The number of urea groups is 4. The predicted molar refractivity (Wildman–Crippen MR) is 455 cm³/mol. The third-order valence-corrected chi connectivity index (χ3v) is 23.0. The second kappa shape index (κ2) is 35.5. The molecule has 14 aromatic heterocycles. The van der Waals surface area contributed by atoms with Gasteiger partial charge in [0.05, 0.1) is 86.1 Å². The number of thiazole rings is 4. The summed E-state index contributed by atoms with van der Waals surface area (Å²) in [6, 6.07) is 35.1. The van der Waals surface area contributed by atoms with E-state index in [-0.39, 0.29) is 24.1 Å². The molecule has 0 unspecified atom stereocenters. The van der Waals surface area contributed by atoms with Crippen LogP contribution in [0.15, 0.2) is 199 Å². The number of hydrogen-bond donors (Lipinski definition) is 14. The largest absolute Gasteiger partial charge is 0.364 e. The molecule has 39 heteroatoms. The number of anilines is 12. The summed E-state index contributed by atoms with van der Waals surface area (Å²) in [5.41, 5.74) is 9.29. The van der Waals surface area contributed by atoms with Gasteiger partial charge in [-0.3, -0.25) is 21.3 Å². The summed E-state index contributed by atoms with van der Waals surface area (Å²) in [6.07, 6.45) is 16.6. The van der Waals surface area contributed by atoms with Crippen molar-refractivity contribution in [2.24, 2.45) is 0 Å². The molecule has 112 heavy (non-hydrogen) atoms. The monoisotopic (exact) mass is 1640 g/mol. The summed E-state index contributed by atoms with van der Waals surface area (Å²) >= 11 is 12.0. The number of imidazole rings is 1. The van der Waals surface area contributed by atoms with Gasteiger partial charge in [-0.05, 0) is 119 Å². The van der Waals surface area contributed by atoms with Crippen LogP contribution in [0.4, 0.5) is 85.7 Å². The Morgan fingerprint density at radius 2 is 0.795 bits per heavy atom. The highest BCUT2D eigenvalue weighted by Gasteiger charge is 2.17. The Labute approximate surface area is 666 Å². The molecule has 0 radical (unpaired) electrons. The zero-order valence-electron chi connectivity index (χ0n) is 58.6. The highest BCUT2D eigenvalue weighted by Crippen LogP contribution is 2.32. The van der Waals surface area contributed by atoms with E-state index >= 15 is 0 Å². The Morgan fingerprint density at radius 3 is 1.29 bits per heavy atom. The lowest BCUT2D eigenvalue weighted by Gasteiger charge is -2.06. The molecule has 14 N–H and O–H groups in total. The molecule has 4 aromatic carbocycles. The van der Waals surface area contributed by atoms with Crippen LogP contribution < -0.4 is 63.8 Å². The Kier molecular flexibility index (Phi) is 23.5. The molecule has 0 aliphatic carbocycles. The van der Waals surface area contributed by atoms with Crippen molar-refractivity contribution in [3.05, 3.63) is 230 Å². The molecule has 0 saturated carbocycles. The van der Waals surface area contributed by atoms with Crippen molar-refractivity contribution in [3.63, 3.8) is 0 Å². The molecule has 18 aromatic rings. The lowest BCUT2D eigenvalue weighted by Crippen LogP contribution is -2.19. The van der Waals surface area contributed by atoms with Gasteiger partial charge in [0, 0.05) is 67.3 Å². The first-order chi connectivity index (χ1) is 54.9. The highest BCUT2D eigenvalue weighted by atomic mass is 32.1. The zero-order valence-corrected chi connectivity index (χ0v) is 65.1. The fourth-order valence-electron chi connectivity index (χ4n) is 10.9. The third kappa shape index (κ3) is 19.3. The minimum Gasteiger partial charge on any atom is -0.364 e. The minimum absolute atomic E-state index is 0.314. The summed E-state index contributed by atoms with van der Waals surface area (Å²) in [5.74, 6) is 3.17. The van der Waals surface area contributed by atoms with Crippen molar-refractivity contribution in [3.8, 4) is 0 Å². The Hall–Kier alpha value is -13.2. The molecule has 0 spiro atoms. The van der Waals surface area contributed by atoms with Crippen LogP contribution in [-0.4, -0.2) is 98.9 Å². The Balaban J connectivity index is 0.000000118. The predicted octanol–water partition coefficient (Wildman–Crippen LogP) is 18.6. The van der Waals surface area contributed by atoms with Gasteiger partial charge in [-0.1, -0.05) is 87.8 Å². The van der Waals surface area contributed by atoms with Gasteiger partial charge in [0.15, 0.2) is 20.5 Å². The molecule has 31 nitrogen and oxygen atoms in total. The Bertz CT molecular complexity index is 5920. The van der Waals surface area contributed by atoms with Crippen LogP contribution in [0.2, 0.25) is 0 Å². The standard InChI is InChI=1S/C19H15N7OS2.C18H14N8OS2.2C18H16N6OS2/c27-18(25-14-3-1-2-11-4-6-20-15(11)14)26-19-22-9-12(29-19)8-21-16-13-5-7-28-17(13)24-10-23-16;27-17(25-12-3-1-2-11-14(12)23-8-21-11)26-18-20-7-10(29-18)6-19-16-15-13(4-5-28-15)22-9-24-16;1-11-3-2-4-12(7-11)23-17(25)24-18-20-9-13(27-18)8-19-16-15-14(5-6-26-15)21-10-22-16;1-11-3-2-4-12(7-11)23-17(25)24-18-20-9-13(27-18)8-19-15-14-5-6-26-16(14)22-10-21-15/h1-7,9-10,20H,8H2,(H,21,23,24)(H2,22,25,26,27);1-5,7-9H,6H2,(H,21,23)(H,19,22,24)(H2,20,25,26,27);2*2-7,9-10H,8H2,1H3,(H,19,21,22)(H2,20,23,24,25). The van der Waals surface area contributed by atoms with E-state index in [0.29, 0.717) is 63.6 Å². The van der Waals surface area contributed by atoms with Crippen LogP contribution in [0.5, 0.6) is 0 Å². The van der Waals surface area contributed by atoms with E-state index < -0.39 is 0 Å². The Morgan fingerprint density at radius 1 is 0.375 bits per heavy atom. The van der Waals surface area contributed by atoms with E-state index in [4.69, 9.17) is 0 Å². The number of para-hydroxylation sites is 2. The molecule has 8 amide bonds. The number of rotatable bonds is 20. The van der Waals surface area contributed by atoms with Gasteiger partial charge >= 0.3 is 24.1 Å². The molecule has 0 bridgehead atoms. The van der Waals surface area contributed by atoms with Gasteiger partial charge in [-0.2, -0.15) is 0 Å². The van der Waals surface area contributed by atoms with Crippen LogP contribution in [0, 0.1) is 13.8 Å². The van der Waals surface area contributed by atoms with E-state index in [1.165, 1.54) is 45.3 Å². The zero-order chi connectivity index (χ0) is 76.5. The van der Waals surface area contributed by atoms with Crippen LogP contribution >= 0.6 is 90.7 Å². The number of benzene rings is 4. The molecule has 0 saturated heterocycles. The highest BCUT2D eigenvalue weighted by molar-refractivity contribution is 7.19. The van der Waals surface area contributed by atoms with E-state index in [1.54, 1.807) is 108 Å². The summed E-state index contributed by atoms with van der Waals surface area (Å²) in [6.45, 7) is 6.21. The van der Waals surface area contributed by atoms with Crippen molar-refractivity contribution in [1.29, 1.82) is 0 Å². The molecule has 560 valence electrons. The number of amides is 8. The number of aromatic amines is 2. The lowest BCUT2D eigenvalue weighted by molar-refractivity contribution is 0.261. The molecular formula is C73H61N27O4S8. The smallest absolute Gasteiger partial charge is 0.325 e. The molecule has 0 atom stereocenters.